The summed E-state index contributed by atoms with van der Waals surface area (Å²) >= 11 is 0. The van der Waals surface area contributed by atoms with E-state index in [-0.39, 0.29) is 5.92 Å². The Kier molecular flexibility index (Phi) is 4.67. The van der Waals surface area contributed by atoms with Crippen LogP contribution in [0.5, 0.6) is 0 Å². The molecule has 0 spiro atoms. The van der Waals surface area contributed by atoms with Crippen molar-refractivity contribution in [3.05, 3.63) is 60.2 Å². The molecule has 2 atom stereocenters. The van der Waals surface area contributed by atoms with Gasteiger partial charge in [0.05, 0.1) is 6.61 Å². The van der Waals surface area contributed by atoms with Crippen molar-refractivity contribution in [2.75, 3.05) is 6.61 Å². The monoisotopic (exact) mass is 377 g/mol. The van der Waals surface area contributed by atoms with Gasteiger partial charge < -0.3 is 9.47 Å². The highest BCUT2D eigenvalue weighted by atomic mass is 16.6. The Morgan fingerprint density at radius 3 is 2.21 bits per heavy atom. The van der Waals surface area contributed by atoms with Crippen LogP contribution in [0.3, 0.4) is 0 Å². The number of fused-ring (bicyclic) bond motifs is 2. The van der Waals surface area contributed by atoms with Crippen molar-refractivity contribution in [3.8, 4) is 0 Å². The van der Waals surface area contributed by atoms with Crippen molar-refractivity contribution in [2.45, 2.75) is 33.0 Å². The molecule has 1 aliphatic heterocycles. The second-order valence-corrected chi connectivity index (χ2v) is 7.58. The van der Waals surface area contributed by atoms with Crippen LogP contribution >= 0.6 is 0 Å². The maximum Gasteiger partial charge on any atom is 0.413 e. The highest BCUT2D eigenvalue weighted by Gasteiger charge is 2.45. The second-order valence-electron chi connectivity index (χ2n) is 7.58. The first-order chi connectivity index (χ1) is 13.5. The number of amides is 1. The van der Waals surface area contributed by atoms with Gasteiger partial charge in [-0.15, -0.1) is 0 Å². The van der Waals surface area contributed by atoms with E-state index in [0.29, 0.717) is 6.61 Å². The summed E-state index contributed by atoms with van der Waals surface area (Å²) < 4.78 is 11.1. The lowest BCUT2D eigenvalue weighted by Crippen LogP contribution is -2.38. The van der Waals surface area contributed by atoms with Gasteiger partial charge >= 0.3 is 12.1 Å². The van der Waals surface area contributed by atoms with Crippen molar-refractivity contribution >= 4 is 33.6 Å². The maximum absolute atomic E-state index is 12.8. The van der Waals surface area contributed by atoms with Gasteiger partial charge in [-0.2, -0.15) is 0 Å². The number of hydrogen-bond acceptors (Lipinski definition) is 4. The van der Waals surface area contributed by atoms with Gasteiger partial charge in [-0.05, 0) is 40.5 Å². The van der Waals surface area contributed by atoms with E-state index in [9.17, 15) is 9.59 Å². The minimum Gasteiger partial charge on any atom is -0.449 e. The third-order valence-corrected chi connectivity index (χ3v) is 5.05. The maximum atomic E-state index is 12.8. The lowest BCUT2D eigenvalue weighted by molar-refractivity contribution is -0.142. The number of rotatable bonds is 3. The minimum absolute atomic E-state index is 0.204. The zero-order valence-corrected chi connectivity index (χ0v) is 16.2. The fourth-order valence-corrected chi connectivity index (χ4v) is 3.66. The molecule has 3 aromatic rings. The van der Waals surface area contributed by atoms with E-state index in [4.69, 9.17) is 9.47 Å². The smallest absolute Gasteiger partial charge is 0.413 e. The van der Waals surface area contributed by atoms with E-state index in [1.54, 1.807) is 6.92 Å². The Morgan fingerprint density at radius 1 is 1.07 bits per heavy atom. The van der Waals surface area contributed by atoms with Gasteiger partial charge in [0.25, 0.3) is 0 Å². The SMILES string of the molecule is CC(C)COC(=O)N1[C@@H](c2c3ccccc3cc3ccccc23)OC(=O)[C@@H]1C. The largest absolute Gasteiger partial charge is 0.449 e. The van der Waals surface area contributed by atoms with E-state index < -0.39 is 24.3 Å². The molecule has 4 rings (SSSR count). The zero-order chi connectivity index (χ0) is 19.8. The van der Waals surface area contributed by atoms with Crippen LogP contribution in [0, 0.1) is 5.92 Å². The number of nitrogens with zero attached hydrogens (tertiary/aromatic N) is 1. The molecule has 0 N–H and O–H groups in total. The first kappa shape index (κ1) is 18.3. The number of ether oxygens (including phenoxy) is 2. The van der Waals surface area contributed by atoms with Crippen LogP contribution in [0.1, 0.15) is 32.6 Å². The molecule has 1 amide bonds. The van der Waals surface area contributed by atoms with Gasteiger partial charge in [0, 0.05) is 5.56 Å². The normalized spacial score (nSPS) is 19.4. The second kappa shape index (κ2) is 7.15. The molecule has 0 aromatic heterocycles. The molecule has 28 heavy (non-hydrogen) atoms. The van der Waals surface area contributed by atoms with Gasteiger partial charge in [0.2, 0.25) is 6.23 Å². The first-order valence-electron chi connectivity index (χ1n) is 9.53. The first-order valence-corrected chi connectivity index (χ1v) is 9.53. The van der Waals surface area contributed by atoms with Crippen LogP contribution in [0.2, 0.25) is 0 Å². The summed E-state index contributed by atoms with van der Waals surface area (Å²) in [6, 6.07) is 17.3. The summed E-state index contributed by atoms with van der Waals surface area (Å²) in [6.07, 6.45) is -1.35. The summed E-state index contributed by atoms with van der Waals surface area (Å²) in [5.41, 5.74) is 0.813. The topological polar surface area (TPSA) is 55.8 Å². The molecule has 0 bridgehead atoms. The van der Waals surface area contributed by atoms with Gasteiger partial charge in [-0.1, -0.05) is 62.4 Å². The summed E-state index contributed by atoms with van der Waals surface area (Å²) in [5, 5.41) is 3.97. The quantitative estimate of drug-likeness (QED) is 0.474. The van der Waals surface area contributed by atoms with E-state index in [2.05, 4.69) is 6.07 Å². The Labute approximate surface area is 163 Å². The molecule has 1 saturated heterocycles. The molecule has 0 unspecified atom stereocenters. The molecule has 0 aliphatic carbocycles. The number of hydrogen-bond donors (Lipinski definition) is 0. The fraction of sp³-hybridized carbons (Fsp3) is 0.304. The molecule has 0 saturated carbocycles. The van der Waals surface area contributed by atoms with Crippen LogP contribution in [0.15, 0.2) is 54.6 Å². The highest BCUT2D eigenvalue weighted by Crippen LogP contribution is 2.40. The highest BCUT2D eigenvalue weighted by molar-refractivity contribution is 6.03. The van der Waals surface area contributed by atoms with Crippen molar-refractivity contribution in [1.29, 1.82) is 0 Å². The van der Waals surface area contributed by atoms with Crippen molar-refractivity contribution < 1.29 is 19.1 Å². The molecule has 5 heteroatoms. The Hall–Kier alpha value is -3.08. The number of cyclic esters (lactones) is 1. The molecule has 1 aliphatic rings. The Balaban J connectivity index is 1.89. The third kappa shape index (κ3) is 3.07. The van der Waals surface area contributed by atoms with Gasteiger partial charge in [-0.3, -0.25) is 4.90 Å². The van der Waals surface area contributed by atoms with Crippen molar-refractivity contribution in [3.63, 3.8) is 0 Å². The van der Waals surface area contributed by atoms with E-state index in [1.165, 1.54) is 4.90 Å². The van der Waals surface area contributed by atoms with E-state index in [0.717, 1.165) is 27.1 Å². The van der Waals surface area contributed by atoms with Crippen LogP contribution in [-0.2, 0) is 14.3 Å². The van der Waals surface area contributed by atoms with Gasteiger partial charge in [0.15, 0.2) is 0 Å². The van der Waals surface area contributed by atoms with Crippen LogP contribution < -0.4 is 0 Å². The summed E-state index contributed by atoms with van der Waals surface area (Å²) in [5.74, 6) is -0.223. The summed E-state index contributed by atoms with van der Waals surface area (Å²) in [6.45, 7) is 5.90. The van der Waals surface area contributed by atoms with Crippen molar-refractivity contribution in [2.24, 2.45) is 5.92 Å². The summed E-state index contributed by atoms with van der Waals surface area (Å²) in [7, 11) is 0. The Morgan fingerprint density at radius 2 is 1.64 bits per heavy atom. The van der Waals surface area contributed by atoms with Crippen molar-refractivity contribution in [1.82, 2.24) is 4.90 Å². The van der Waals surface area contributed by atoms with Crippen LogP contribution in [0.4, 0.5) is 4.79 Å². The molecular weight excluding hydrogens is 354 g/mol. The molecule has 3 aromatic carbocycles. The molecule has 1 heterocycles. The molecule has 1 fully saturated rings. The average Bonchev–Trinajstić information content (AvgIpc) is 2.98. The molecule has 5 nitrogen and oxygen atoms in total. The third-order valence-electron chi connectivity index (χ3n) is 5.05. The number of benzene rings is 3. The lowest BCUT2D eigenvalue weighted by atomic mass is 9.95. The lowest BCUT2D eigenvalue weighted by Gasteiger charge is -2.26. The van der Waals surface area contributed by atoms with E-state index in [1.807, 2.05) is 62.4 Å². The molecule has 144 valence electrons. The molecule has 0 radical (unpaired) electrons. The predicted octanol–water partition coefficient (Wildman–Crippen LogP) is 5.03. The van der Waals surface area contributed by atoms with Gasteiger partial charge in [0.1, 0.15) is 6.04 Å². The fourth-order valence-electron chi connectivity index (χ4n) is 3.66. The predicted molar refractivity (Wildman–Crippen MR) is 108 cm³/mol. The minimum atomic E-state index is -0.821. The molecular formula is C23H23NO4. The summed E-state index contributed by atoms with van der Waals surface area (Å²) in [4.78, 5) is 26.7. The van der Waals surface area contributed by atoms with Crippen LogP contribution in [0.25, 0.3) is 21.5 Å². The average molecular weight is 377 g/mol. The number of esters is 1. The standard InChI is InChI=1S/C23H23NO4/c1-14(2)13-27-23(26)24-15(3)22(25)28-21(24)20-18-10-6-4-8-16(18)12-17-9-5-7-11-19(17)20/h4-12,14-15,21H,13H2,1-3H3/t15-,21+/m0/s1. The van der Waals surface area contributed by atoms with E-state index >= 15 is 0 Å². The zero-order valence-electron chi connectivity index (χ0n) is 16.2. The van der Waals surface area contributed by atoms with Gasteiger partial charge in [-0.25, -0.2) is 9.59 Å². The van der Waals surface area contributed by atoms with Crippen LogP contribution in [-0.4, -0.2) is 29.6 Å². The Bertz CT molecular complexity index is 1000. The number of carbonyl (C=O) groups is 2. The number of carbonyl (C=O) groups excluding carboxylic acids is 2.